The number of aromatic amines is 1. The summed E-state index contributed by atoms with van der Waals surface area (Å²) in [5.41, 5.74) is 1.71. The summed E-state index contributed by atoms with van der Waals surface area (Å²) in [6, 6.07) is 9.50. The molecule has 3 aromatic rings. The molecule has 24 heavy (non-hydrogen) atoms. The zero-order valence-corrected chi connectivity index (χ0v) is 13.7. The number of fused-ring (bicyclic) bond motifs is 1. The molecule has 0 amide bonds. The zero-order chi connectivity index (χ0) is 16.9. The van der Waals surface area contributed by atoms with Crippen LogP contribution in [0, 0.1) is 5.92 Å². The number of nitrogens with zero attached hydrogens (tertiary/aromatic N) is 2. The Kier molecular flexibility index (Phi) is 4.70. The molecule has 0 aliphatic carbocycles. The largest absolute Gasteiger partial charge is 0.438 e. The van der Waals surface area contributed by atoms with Gasteiger partial charge in [0.2, 0.25) is 5.88 Å². The highest BCUT2D eigenvalue weighted by Crippen LogP contribution is 2.29. The van der Waals surface area contributed by atoms with Crippen molar-refractivity contribution in [3.63, 3.8) is 0 Å². The first-order valence-corrected chi connectivity index (χ1v) is 7.89. The molecule has 0 unspecified atom stereocenters. The van der Waals surface area contributed by atoms with E-state index in [0.29, 0.717) is 12.3 Å². The fraction of sp³-hybridized carbons (Fsp3) is 0.211. The Morgan fingerprint density at radius 2 is 2.04 bits per heavy atom. The highest BCUT2D eigenvalue weighted by atomic mass is 16.5. The van der Waals surface area contributed by atoms with Gasteiger partial charge < -0.3 is 9.72 Å². The summed E-state index contributed by atoms with van der Waals surface area (Å²) in [5.74, 6) is 1.34. The number of nitrogens with one attached hydrogen (secondary N) is 1. The van der Waals surface area contributed by atoms with Crippen LogP contribution in [0.4, 0.5) is 0 Å². The lowest BCUT2D eigenvalue weighted by Crippen LogP contribution is -2.02. The van der Waals surface area contributed by atoms with Gasteiger partial charge in [-0.2, -0.15) is 0 Å². The maximum atomic E-state index is 11.7. The minimum atomic E-state index is 0.00419. The molecule has 0 aliphatic rings. The van der Waals surface area contributed by atoms with Gasteiger partial charge in [-0.15, -0.1) is 0 Å². The Bertz CT molecular complexity index is 867. The summed E-state index contributed by atoms with van der Waals surface area (Å²) in [6.07, 6.45) is 7.45. The van der Waals surface area contributed by atoms with E-state index in [1.807, 2.05) is 56.5 Å². The molecule has 1 aromatic carbocycles. The fourth-order valence-electron chi connectivity index (χ4n) is 2.33. The van der Waals surface area contributed by atoms with Gasteiger partial charge in [0.05, 0.1) is 5.39 Å². The van der Waals surface area contributed by atoms with Gasteiger partial charge in [0.25, 0.3) is 0 Å². The molecular formula is C19H19N3O2. The van der Waals surface area contributed by atoms with Crippen molar-refractivity contribution in [3.05, 3.63) is 60.6 Å². The van der Waals surface area contributed by atoms with E-state index in [1.54, 1.807) is 6.08 Å². The second kappa shape index (κ2) is 7.08. The number of aromatic nitrogens is 3. The fourth-order valence-corrected chi connectivity index (χ4v) is 2.33. The number of carbonyl (C=O) groups is 1. The monoisotopic (exact) mass is 321 g/mol. The Hall–Kier alpha value is -2.95. The average Bonchev–Trinajstić information content (AvgIpc) is 3.00. The number of ether oxygens (including phenoxy) is 1. The molecule has 0 bridgehead atoms. The summed E-state index contributed by atoms with van der Waals surface area (Å²) in [7, 11) is 0. The number of para-hydroxylation sites is 1. The highest BCUT2D eigenvalue weighted by Gasteiger charge is 2.12. The second-order valence-electron chi connectivity index (χ2n) is 5.80. The van der Waals surface area contributed by atoms with Crippen LogP contribution in [0.5, 0.6) is 11.6 Å². The van der Waals surface area contributed by atoms with Gasteiger partial charge in [0.1, 0.15) is 17.7 Å². The third-order valence-corrected chi connectivity index (χ3v) is 3.66. The van der Waals surface area contributed by atoms with Gasteiger partial charge in [-0.25, -0.2) is 9.97 Å². The summed E-state index contributed by atoms with van der Waals surface area (Å²) in [5, 5.41) is 0.836. The SMILES string of the molecule is CC(C)C(=O)C=CCc1c[nH]c2ncnc(Oc3ccccc3)c12. The van der Waals surface area contributed by atoms with Crippen molar-refractivity contribution in [1.82, 2.24) is 15.0 Å². The van der Waals surface area contributed by atoms with Crippen molar-refractivity contribution >= 4 is 16.8 Å². The van der Waals surface area contributed by atoms with Gasteiger partial charge in [0, 0.05) is 12.1 Å². The smallest absolute Gasteiger partial charge is 0.232 e. The van der Waals surface area contributed by atoms with Crippen molar-refractivity contribution in [1.29, 1.82) is 0 Å². The number of allylic oxidation sites excluding steroid dienone is 2. The number of ketones is 1. The van der Waals surface area contributed by atoms with Crippen molar-refractivity contribution in [3.8, 4) is 11.6 Å². The second-order valence-corrected chi connectivity index (χ2v) is 5.80. The minimum Gasteiger partial charge on any atom is -0.438 e. The first-order valence-electron chi connectivity index (χ1n) is 7.89. The average molecular weight is 321 g/mol. The molecule has 0 radical (unpaired) electrons. The van der Waals surface area contributed by atoms with Crippen LogP contribution in [-0.2, 0) is 11.2 Å². The Labute approximate surface area is 140 Å². The molecule has 2 heterocycles. The van der Waals surface area contributed by atoms with Gasteiger partial charge in [-0.1, -0.05) is 38.1 Å². The molecule has 0 atom stereocenters. The van der Waals surface area contributed by atoms with E-state index in [-0.39, 0.29) is 11.7 Å². The molecule has 0 saturated carbocycles. The Morgan fingerprint density at radius 1 is 1.25 bits per heavy atom. The minimum absolute atomic E-state index is 0.00419. The van der Waals surface area contributed by atoms with Crippen LogP contribution in [0.15, 0.2) is 55.0 Å². The van der Waals surface area contributed by atoms with E-state index in [2.05, 4.69) is 15.0 Å². The van der Waals surface area contributed by atoms with Crippen LogP contribution in [0.25, 0.3) is 11.0 Å². The van der Waals surface area contributed by atoms with Crippen LogP contribution in [-0.4, -0.2) is 20.7 Å². The van der Waals surface area contributed by atoms with Gasteiger partial charge in [-0.3, -0.25) is 4.79 Å². The maximum absolute atomic E-state index is 11.7. The van der Waals surface area contributed by atoms with Crippen molar-refractivity contribution in [2.75, 3.05) is 0 Å². The predicted octanol–water partition coefficient (Wildman–Crippen LogP) is 4.07. The van der Waals surface area contributed by atoms with Crippen LogP contribution in [0.1, 0.15) is 19.4 Å². The molecule has 122 valence electrons. The number of benzene rings is 1. The lowest BCUT2D eigenvalue weighted by molar-refractivity contribution is -0.117. The van der Waals surface area contributed by atoms with Crippen molar-refractivity contribution in [2.24, 2.45) is 5.92 Å². The normalized spacial score (nSPS) is 11.5. The molecule has 3 rings (SSSR count). The lowest BCUT2D eigenvalue weighted by Gasteiger charge is -2.06. The third-order valence-electron chi connectivity index (χ3n) is 3.66. The molecule has 2 aromatic heterocycles. The Balaban J connectivity index is 1.88. The summed E-state index contributed by atoms with van der Waals surface area (Å²) in [4.78, 5) is 23.3. The zero-order valence-electron chi connectivity index (χ0n) is 13.7. The van der Waals surface area contributed by atoms with Crippen LogP contribution < -0.4 is 4.74 Å². The number of rotatable bonds is 6. The molecule has 0 spiro atoms. The summed E-state index contributed by atoms with van der Waals surface area (Å²) >= 11 is 0. The van der Waals surface area contributed by atoms with E-state index in [9.17, 15) is 4.79 Å². The number of hydrogen-bond acceptors (Lipinski definition) is 4. The first-order chi connectivity index (χ1) is 11.6. The Morgan fingerprint density at radius 3 is 2.79 bits per heavy atom. The third kappa shape index (κ3) is 3.51. The van der Waals surface area contributed by atoms with Crippen LogP contribution >= 0.6 is 0 Å². The van der Waals surface area contributed by atoms with Gasteiger partial charge in [0.15, 0.2) is 5.78 Å². The molecule has 5 heteroatoms. The summed E-state index contributed by atoms with van der Waals surface area (Å²) < 4.78 is 5.89. The van der Waals surface area contributed by atoms with E-state index < -0.39 is 0 Å². The first kappa shape index (κ1) is 15.9. The van der Waals surface area contributed by atoms with E-state index in [4.69, 9.17) is 4.74 Å². The summed E-state index contributed by atoms with van der Waals surface area (Å²) in [6.45, 7) is 3.77. The maximum Gasteiger partial charge on any atom is 0.232 e. The highest BCUT2D eigenvalue weighted by molar-refractivity contribution is 5.91. The van der Waals surface area contributed by atoms with Crippen molar-refractivity contribution in [2.45, 2.75) is 20.3 Å². The topological polar surface area (TPSA) is 67.9 Å². The molecule has 0 saturated heterocycles. The number of hydrogen-bond donors (Lipinski definition) is 1. The lowest BCUT2D eigenvalue weighted by atomic mass is 10.1. The van der Waals surface area contributed by atoms with E-state index >= 15 is 0 Å². The predicted molar refractivity (Wildman–Crippen MR) is 93.1 cm³/mol. The standard InChI is InChI=1S/C19H19N3O2/c1-13(2)16(23)10-6-7-14-11-20-18-17(14)19(22-12-21-18)24-15-8-4-3-5-9-15/h3-6,8-13H,7H2,1-2H3,(H,20,21,22). The van der Waals surface area contributed by atoms with Crippen LogP contribution in [0.3, 0.4) is 0 Å². The van der Waals surface area contributed by atoms with E-state index in [0.717, 1.165) is 22.3 Å². The molecule has 5 nitrogen and oxygen atoms in total. The molecule has 0 aliphatic heterocycles. The molecular weight excluding hydrogens is 302 g/mol. The van der Waals surface area contributed by atoms with Crippen molar-refractivity contribution < 1.29 is 9.53 Å². The van der Waals surface area contributed by atoms with Crippen LogP contribution in [0.2, 0.25) is 0 Å². The number of carbonyl (C=O) groups excluding carboxylic acids is 1. The molecule has 0 fully saturated rings. The quantitative estimate of drug-likeness (QED) is 0.695. The number of H-pyrrole nitrogens is 1. The molecule has 1 N–H and O–H groups in total. The van der Waals surface area contributed by atoms with E-state index in [1.165, 1.54) is 6.33 Å². The van der Waals surface area contributed by atoms with Gasteiger partial charge >= 0.3 is 0 Å². The van der Waals surface area contributed by atoms with Gasteiger partial charge in [-0.05, 0) is 30.2 Å².